The van der Waals surface area contributed by atoms with Gasteiger partial charge in [-0.2, -0.15) is 0 Å². The van der Waals surface area contributed by atoms with Crippen LogP contribution in [0.4, 0.5) is 0 Å². The quantitative estimate of drug-likeness (QED) is 0.374. The zero-order valence-corrected chi connectivity index (χ0v) is 14.2. The standard InChI is InChI=1S/C18H25BrO2/c19-14-8-1-2-9-15-21-17(20)18(12-6-7-13-18)16-10-4-3-5-11-16/h3-5,10-11H,1-2,6-9,12-15H2. The van der Waals surface area contributed by atoms with Crippen LogP contribution in [-0.2, 0) is 14.9 Å². The lowest BCUT2D eigenvalue weighted by atomic mass is 9.79. The fourth-order valence-electron chi connectivity index (χ4n) is 3.20. The Labute approximate surface area is 136 Å². The summed E-state index contributed by atoms with van der Waals surface area (Å²) < 4.78 is 5.61. The van der Waals surface area contributed by atoms with Gasteiger partial charge in [-0.05, 0) is 31.2 Å². The summed E-state index contributed by atoms with van der Waals surface area (Å²) >= 11 is 3.43. The minimum Gasteiger partial charge on any atom is -0.465 e. The largest absolute Gasteiger partial charge is 0.465 e. The van der Waals surface area contributed by atoms with Gasteiger partial charge in [0, 0.05) is 5.33 Å². The van der Waals surface area contributed by atoms with Gasteiger partial charge in [-0.15, -0.1) is 0 Å². The van der Waals surface area contributed by atoms with E-state index in [1.54, 1.807) is 0 Å². The molecule has 0 bridgehead atoms. The van der Waals surface area contributed by atoms with E-state index in [9.17, 15) is 4.79 Å². The second-order valence-electron chi connectivity index (χ2n) is 5.89. The van der Waals surface area contributed by atoms with E-state index < -0.39 is 0 Å². The molecule has 116 valence electrons. The van der Waals surface area contributed by atoms with Crippen molar-refractivity contribution in [2.75, 3.05) is 11.9 Å². The van der Waals surface area contributed by atoms with E-state index in [1.807, 2.05) is 18.2 Å². The molecule has 0 saturated heterocycles. The highest BCUT2D eigenvalue weighted by Crippen LogP contribution is 2.42. The molecule has 0 spiro atoms. The van der Waals surface area contributed by atoms with Crippen LogP contribution in [0.15, 0.2) is 30.3 Å². The summed E-state index contributed by atoms with van der Waals surface area (Å²) in [6.07, 6.45) is 8.61. The summed E-state index contributed by atoms with van der Waals surface area (Å²) in [4.78, 5) is 12.6. The van der Waals surface area contributed by atoms with E-state index in [0.717, 1.165) is 49.4 Å². The Morgan fingerprint density at radius 2 is 1.71 bits per heavy atom. The van der Waals surface area contributed by atoms with E-state index in [2.05, 4.69) is 28.1 Å². The lowest BCUT2D eigenvalue weighted by molar-refractivity contribution is -0.150. The lowest BCUT2D eigenvalue weighted by Crippen LogP contribution is -2.34. The number of unbranched alkanes of at least 4 members (excludes halogenated alkanes) is 3. The number of hydrogen-bond donors (Lipinski definition) is 0. The molecule has 1 fully saturated rings. The Balaban J connectivity index is 1.88. The lowest BCUT2D eigenvalue weighted by Gasteiger charge is -2.27. The Morgan fingerprint density at radius 3 is 2.38 bits per heavy atom. The van der Waals surface area contributed by atoms with Gasteiger partial charge in [-0.25, -0.2) is 0 Å². The van der Waals surface area contributed by atoms with Crippen LogP contribution in [0, 0.1) is 0 Å². The maximum atomic E-state index is 12.6. The normalized spacial score (nSPS) is 16.8. The van der Waals surface area contributed by atoms with Gasteiger partial charge in [0.15, 0.2) is 0 Å². The van der Waals surface area contributed by atoms with E-state index >= 15 is 0 Å². The Bertz CT molecular complexity index is 424. The maximum absolute atomic E-state index is 12.6. The number of esters is 1. The molecule has 0 N–H and O–H groups in total. The second kappa shape index (κ2) is 8.57. The van der Waals surface area contributed by atoms with Crippen LogP contribution in [0.3, 0.4) is 0 Å². The highest BCUT2D eigenvalue weighted by atomic mass is 79.9. The molecule has 1 aliphatic rings. The predicted octanol–water partition coefficient (Wildman–Crippen LogP) is 5.00. The molecule has 0 amide bonds. The molecule has 0 radical (unpaired) electrons. The number of rotatable bonds is 8. The molecule has 0 aliphatic heterocycles. The number of carbonyl (C=O) groups is 1. The first-order valence-electron chi connectivity index (χ1n) is 8.08. The molecule has 1 aromatic carbocycles. The van der Waals surface area contributed by atoms with Crippen LogP contribution in [0.25, 0.3) is 0 Å². The zero-order chi connectivity index (χ0) is 15.0. The molecule has 21 heavy (non-hydrogen) atoms. The topological polar surface area (TPSA) is 26.3 Å². The van der Waals surface area contributed by atoms with Crippen molar-refractivity contribution < 1.29 is 9.53 Å². The molecule has 1 aliphatic carbocycles. The average molecular weight is 353 g/mol. The number of hydrogen-bond acceptors (Lipinski definition) is 2. The van der Waals surface area contributed by atoms with Gasteiger partial charge >= 0.3 is 5.97 Å². The summed E-state index contributed by atoms with van der Waals surface area (Å²) in [5.41, 5.74) is 0.753. The van der Waals surface area contributed by atoms with Gasteiger partial charge in [0.05, 0.1) is 12.0 Å². The van der Waals surface area contributed by atoms with Crippen molar-refractivity contribution in [2.24, 2.45) is 0 Å². The van der Waals surface area contributed by atoms with Gasteiger partial charge in [0.2, 0.25) is 0 Å². The molecule has 0 heterocycles. The Hall–Kier alpha value is -0.830. The van der Waals surface area contributed by atoms with Crippen molar-refractivity contribution >= 4 is 21.9 Å². The highest BCUT2D eigenvalue weighted by molar-refractivity contribution is 9.09. The van der Waals surface area contributed by atoms with Crippen molar-refractivity contribution in [3.63, 3.8) is 0 Å². The van der Waals surface area contributed by atoms with Crippen LogP contribution in [0.5, 0.6) is 0 Å². The van der Waals surface area contributed by atoms with Crippen molar-refractivity contribution in [3.05, 3.63) is 35.9 Å². The first kappa shape index (κ1) is 16.5. The van der Waals surface area contributed by atoms with Gasteiger partial charge in [0.1, 0.15) is 0 Å². The molecule has 1 aromatic rings. The summed E-state index contributed by atoms with van der Waals surface area (Å²) in [5.74, 6) is -0.00769. The zero-order valence-electron chi connectivity index (χ0n) is 12.7. The predicted molar refractivity (Wildman–Crippen MR) is 89.8 cm³/mol. The first-order valence-corrected chi connectivity index (χ1v) is 9.20. The minimum atomic E-state index is -0.378. The molecule has 3 heteroatoms. The van der Waals surface area contributed by atoms with Crippen molar-refractivity contribution in [3.8, 4) is 0 Å². The average Bonchev–Trinajstić information content (AvgIpc) is 3.02. The van der Waals surface area contributed by atoms with E-state index in [1.165, 1.54) is 12.8 Å². The summed E-state index contributed by atoms with van der Waals surface area (Å²) in [6.45, 7) is 0.565. The molecular formula is C18H25BrO2. The van der Waals surface area contributed by atoms with E-state index in [-0.39, 0.29) is 11.4 Å². The fraction of sp³-hybridized carbons (Fsp3) is 0.611. The third kappa shape index (κ3) is 4.32. The van der Waals surface area contributed by atoms with Crippen LogP contribution in [0.2, 0.25) is 0 Å². The highest BCUT2D eigenvalue weighted by Gasteiger charge is 2.43. The second-order valence-corrected chi connectivity index (χ2v) is 6.69. The minimum absolute atomic E-state index is 0.00769. The molecule has 0 unspecified atom stereocenters. The van der Waals surface area contributed by atoms with Crippen LogP contribution >= 0.6 is 15.9 Å². The summed E-state index contributed by atoms with van der Waals surface area (Å²) in [5, 5.41) is 1.06. The SMILES string of the molecule is O=C(OCCCCCCBr)C1(c2ccccc2)CCCC1. The number of benzene rings is 1. The fourth-order valence-corrected chi connectivity index (χ4v) is 3.60. The van der Waals surface area contributed by atoms with Crippen molar-refractivity contribution in [2.45, 2.75) is 56.8 Å². The molecule has 2 rings (SSSR count). The van der Waals surface area contributed by atoms with Gasteiger partial charge in [-0.3, -0.25) is 4.79 Å². The van der Waals surface area contributed by atoms with Gasteiger partial charge < -0.3 is 4.74 Å². The Kier molecular flexibility index (Phi) is 6.75. The van der Waals surface area contributed by atoms with Crippen LogP contribution in [-0.4, -0.2) is 17.9 Å². The first-order chi connectivity index (χ1) is 10.3. The van der Waals surface area contributed by atoms with Gasteiger partial charge in [0.25, 0.3) is 0 Å². The smallest absolute Gasteiger partial charge is 0.316 e. The molecular weight excluding hydrogens is 328 g/mol. The third-order valence-corrected chi connectivity index (χ3v) is 5.00. The van der Waals surface area contributed by atoms with E-state index in [0.29, 0.717) is 6.61 Å². The van der Waals surface area contributed by atoms with E-state index in [4.69, 9.17) is 4.74 Å². The molecule has 0 aromatic heterocycles. The number of ether oxygens (including phenoxy) is 1. The van der Waals surface area contributed by atoms with Crippen molar-refractivity contribution in [1.82, 2.24) is 0 Å². The van der Waals surface area contributed by atoms with Crippen LogP contribution < -0.4 is 0 Å². The summed E-state index contributed by atoms with van der Waals surface area (Å²) in [6, 6.07) is 10.2. The molecule has 2 nitrogen and oxygen atoms in total. The monoisotopic (exact) mass is 352 g/mol. The van der Waals surface area contributed by atoms with Crippen molar-refractivity contribution in [1.29, 1.82) is 0 Å². The van der Waals surface area contributed by atoms with Crippen LogP contribution in [0.1, 0.15) is 56.9 Å². The third-order valence-electron chi connectivity index (χ3n) is 4.44. The molecule has 0 atom stereocenters. The number of halogens is 1. The number of alkyl halides is 1. The summed E-state index contributed by atoms with van der Waals surface area (Å²) in [7, 11) is 0. The molecule has 1 saturated carbocycles. The maximum Gasteiger partial charge on any atom is 0.316 e. The van der Waals surface area contributed by atoms with Gasteiger partial charge in [-0.1, -0.05) is 71.9 Å². The number of carbonyl (C=O) groups excluding carboxylic acids is 1. The Morgan fingerprint density at radius 1 is 1.05 bits per heavy atom.